The number of primary amides is 1. The highest BCUT2D eigenvalue weighted by molar-refractivity contribution is 6.34. The van der Waals surface area contributed by atoms with Gasteiger partial charge in [-0.15, -0.1) is 0 Å². The first-order valence-electron chi connectivity index (χ1n) is 11.9. The predicted molar refractivity (Wildman–Crippen MR) is 130 cm³/mol. The highest BCUT2D eigenvalue weighted by Gasteiger charge is 2.47. The molecule has 2 aromatic rings. The number of likely N-dealkylation sites (tertiary alicyclic amines) is 1. The Hall–Kier alpha value is -2.81. The van der Waals surface area contributed by atoms with Crippen molar-refractivity contribution in [1.29, 1.82) is 0 Å². The number of halogens is 1. The van der Waals surface area contributed by atoms with Crippen molar-refractivity contribution in [2.24, 2.45) is 23.5 Å². The fourth-order valence-electron chi connectivity index (χ4n) is 5.55. The standard InChI is InChI=1S/C24H31ClN6O3/c1-24(2,3)34-23(33)31-8-4-5-14(11-31)21-29-19-18(15(25)10-27-22(19)30-21)28-17-13-7-6-12(9-13)16(17)20(26)32/h6-7,10,12-14,16-17H,4-5,8-9,11H2,1-3H3,(H2,26,32)(H2,27,28,29,30)/t12-,13-,14?,16-,17-/m1/s1. The zero-order valence-electron chi connectivity index (χ0n) is 19.7. The van der Waals surface area contributed by atoms with E-state index in [1.54, 1.807) is 11.1 Å². The average molecular weight is 487 g/mol. The van der Waals surface area contributed by atoms with Gasteiger partial charge in [0.05, 0.1) is 22.8 Å². The summed E-state index contributed by atoms with van der Waals surface area (Å²) in [5.41, 5.74) is 7.13. The zero-order valence-corrected chi connectivity index (χ0v) is 20.4. The van der Waals surface area contributed by atoms with Gasteiger partial charge in [0.15, 0.2) is 5.65 Å². The van der Waals surface area contributed by atoms with E-state index < -0.39 is 5.60 Å². The number of aromatic nitrogens is 3. The van der Waals surface area contributed by atoms with Crippen LogP contribution < -0.4 is 11.1 Å². The van der Waals surface area contributed by atoms with Crippen LogP contribution in [0.1, 0.15) is 51.8 Å². The molecular formula is C24H31ClN6O3. The van der Waals surface area contributed by atoms with Gasteiger partial charge in [-0.1, -0.05) is 23.8 Å². The highest BCUT2D eigenvalue weighted by Crippen LogP contribution is 2.46. The lowest BCUT2D eigenvalue weighted by Crippen LogP contribution is -2.42. The number of aromatic amines is 1. The summed E-state index contributed by atoms with van der Waals surface area (Å²) >= 11 is 6.56. The molecule has 1 aliphatic heterocycles. The minimum absolute atomic E-state index is 0.0332. The minimum atomic E-state index is -0.539. The van der Waals surface area contributed by atoms with Crippen molar-refractivity contribution < 1.29 is 14.3 Å². The van der Waals surface area contributed by atoms with Crippen LogP contribution in [0, 0.1) is 17.8 Å². The van der Waals surface area contributed by atoms with Gasteiger partial charge in [0.25, 0.3) is 0 Å². The maximum absolute atomic E-state index is 12.6. The van der Waals surface area contributed by atoms with Crippen LogP contribution in [0.4, 0.5) is 10.5 Å². The van der Waals surface area contributed by atoms with Gasteiger partial charge >= 0.3 is 6.09 Å². The van der Waals surface area contributed by atoms with Gasteiger partial charge in [-0.25, -0.2) is 14.8 Å². The number of nitrogens with zero attached hydrogens (tertiary/aromatic N) is 3. The van der Waals surface area contributed by atoms with E-state index in [1.165, 1.54) is 0 Å². The van der Waals surface area contributed by atoms with Crippen molar-refractivity contribution in [1.82, 2.24) is 19.9 Å². The molecule has 4 N–H and O–H groups in total. The van der Waals surface area contributed by atoms with E-state index in [0.29, 0.717) is 35.0 Å². The van der Waals surface area contributed by atoms with Crippen molar-refractivity contribution in [3.8, 4) is 0 Å². The SMILES string of the molecule is CC(C)(C)OC(=O)N1CCCC(c2nc3ncc(Cl)c(N[C@H]4[C@H](C(N)=O)[C@@H]5C=C[C@@H]4C5)c3[nH]2)C1. The molecule has 3 heterocycles. The van der Waals surface area contributed by atoms with E-state index in [2.05, 4.69) is 27.4 Å². The summed E-state index contributed by atoms with van der Waals surface area (Å²) in [6.45, 7) is 6.78. The molecule has 2 amide bonds. The quantitative estimate of drug-likeness (QED) is 0.564. The average Bonchev–Trinajstić information content (AvgIpc) is 3.49. The number of fused-ring (bicyclic) bond motifs is 3. The fourth-order valence-corrected chi connectivity index (χ4v) is 5.75. The second kappa shape index (κ2) is 8.45. The summed E-state index contributed by atoms with van der Waals surface area (Å²) in [4.78, 5) is 39.1. The third kappa shape index (κ3) is 4.21. The molecule has 0 spiro atoms. The van der Waals surface area contributed by atoms with Crippen molar-refractivity contribution >= 4 is 40.5 Å². The Morgan fingerprint density at radius 2 is 2.06 bits per heavy atom. The second-order valence-corrected chi connectivity index (χ2v) is 11.0. The molecular weight excluding hydrogens is 456 g/mol. The second-order valence-electron chi connectivity index (χ2n) is 10.6. The Balaban J connectivity index is 1.40. The number of allylic oxidation sites excluding steroid dienone is 1. The highest BCUT2D eigenvalue weighted by atomic mass is 35.5. The molecule has 182 valence electrons. The molecule has 1 saturated heterocycles. The molecule has 9 nitrogen and oxygen atoms in total. The van der Waals surface area contributed by atoms with E-state index >= 15 is 0 Å². The van der Waals surface area contributed by atoms with Crippen LogP contribution in [0.5, 0.6) is 0 Å². The van der Waals surface area contributed by atoms with Crippen LogP contribution in [-0.4, -0.2) is 56.6 Å². The third-order valence-electron chi connectivity index (χ3n) is 7.05. The fraction of sp³-hybridized carbons (Fsp3) is 0.583. The molecule has 0 radical (unpaired) electrons. The van der Waals surface area contributed by atoms with Crippen molar-refractivity contribution in [2.75, 3.05) is 18.4 Å². The zero-order chi connectivity index (χ0) is 24.2. The number of piperidine rings is 1. The summed E-state index contributed by atoms with van der Waals surface area (Å²) in [7, 11) is 0. The van der Waals surface area contributed by atoms with E-state index in [9.17, 15) is 9.59 Å². The van der Waals surface area contributed by atoms with Gasteiger partial charge in [0.2, 0.25) is 5.91 Å². The van der Waals surface area contributed by atoms with Gasteiger partial charge in [-0.2, -0.15) is 0 Å². The summed E-state index contributed by atoms with van der Waals surface area (Å²) in [5.74, 6) is 0.605. The predicted octanol–water partition coefficient (Wildman–Crippen LogP) is 3.81. The maximum Gasteiger partial charge on any atom is 0.410 e. The Morgan fingerprint density at radius 1 is 1.29 bits per heavy atom. The van der Waals surface area contributed by atoms with Crippen molar-refractivity contribution in [3.05, 3.63) is 29.2 Å². The molecule has 10 heteroatoms. The lowest BCUT2D eigenvalue weighted by Gasteiger charge is -2.33. The molecule has 2 bridgehead atoms. The van der Waals surface area contributed by atoms with Crippen LogP contribution in [0.3, 0.4) is 0 Å². The van der Waals surface area contributed by atoms with Gasteiger partial charge in [-0.3, -0.25) is 4.79 Å². The largest absolute Gasteiger partial charge is 0.444 e. The summed E-state index contributed by atoms with van der Waals surface area (Å²) in [6, 6.07) is -0.125. The van der Waals surface area contributed by atoms with E-state index in [-0.39, 0.29) is 41.7 Å². The molecule has 1 unspecified atom stereocenters. The first-order valence-corrected chi connectivity index (χ1v) is 12.2. The minimum Gasteiger partial charge on any atom is -0.444 e. The summed E-state index contributed by atoms with van der Waals surface area (Å²) in [5, 5.41) is 3.96. The molecule has 2 aromatic heterocycles. The number of nitrogens with two attached hydrogens (primary N) is 1. The lowest BCUT2D eigenvalue weighted by molar-refractivity contribution is -0.122. The molecule has 5 atom stereocenters. The van der Waals surface area contributed by atoms with Crippen LogP contribution in [0.15, 0.2) is 18.3 Å². The molecule has 34 heavy (non-hydrogen) atoms. The number of anilines is 1. The summed E-state index contributed by atoms with van der Waals surface area (Å²) in [6.07, 6.45) is 8.18. The molecule has 2 fully saturated rings. The lowest BCUT2D eigenvalue weighted by atomic mass is 9.88. The molecule has 0 aromatic carbocycles. The van der Waals surface area contributed by atoms with E-state index in [0.717, 1.165) is 25.1 Å². The van der Waals surface area contributed by atoms with E-state index in [4.69, 9.17) is 27.1 Å². The third-order valence-corrected chi connectivity index (χ3v) is 7.34. The smallest absolute Gasteiger partial charge is 0.410 e. The number of carbonyl (C=O) groups excluding carboxylic acids is 2. The van der Waals surface area contributed by atoms with Gasteiger partial charge < -0.3 is 25.7 Å². The van der Waals surface area contributed by atoms with Crippen LogP contribution in [0.25, 0.3) is 11.2 Å². The number of nitrogens with one attached hydrogen (secondary N) is 2. The number of pyridine rings is 1. The van der Waals surface area contributed by atoms with Crippen LogP contribution >= 0.6 is 11.6 Å². The number of amides is 2. The van der Waals surface area contributed by atoms with Crippen molar-refractivity contribution in [2.45, 2.75) is 57.6 Å². The van der Waals surface area contributed by atoms with Crippen LogP contribution in [0.2, 0.25) is 5.02 Å². The number of ether oxygens (including phenoxy) is 1. The summed E-state index contributed by atoms with van der Waals surface area (Å²) < 4.78 is 5.56. The molecule has 2 aliphatic carbocycles. The Morgan fingerprint density at radius 3 is 2.79 bits per heavy atom. The number of hydrogen-bond donors (Lipinski definition) is 3. The maximum atomic E-state index is 12.6. The first-order chi connectivity index (χ1) is 16.1. The van der Waals surface area contributed by atoms with Gasteiger partial charge in [0, 0.05) is 25.0 Å². The number of H-pyrrole nitrogens is 1. The Kier molecular flexibility index (Phi) is 5.70. The Labute approximate surface area is 203 Å². The van der Waals surface area contributed by atoms with E-state index in [1.807, 2.05) is 20.8 Å². The number of imidazole rings is 1. The number of carbonyl (C=O) groups is 2. The molecule has 5 rings (SSSR count). The normalized spacial score (nSPS) is 28.5. The van der Waals surface area contributed by atoms with Crippen LogP contribution in [-0.2, 0) is 9.53 Å². The van der Waals surface area contributed by atoms with Gasteiger partial charge in [-0.05, 0) is 51.9 Å². The monoisotopic (exact) mass is 486 g/mol. The first kappa shape index (κ1) is 23.0. The van der Waals surface area contributed by atoms with Crippen molar-refractivity contribution in [3.63, 3.8) is 0 Å². The number of rotatable bonds is 4. The molecule has 1 saturated carbocycles. The topological polar surface area (TPSA) is 126 Å². The Bertz CT molecular complexity index is 1160. The van der Waals surface area contributed by atoms with Gasteiger partial charge in [0.1, 0.15) is 16.9 Å². The number of hydrogen-bond acceptors (Lipinski definition) is 6. The molecule has 3 aliphatic rings.